The molecule has 30 heavy (non-hydrogen) atoms. The maximum atomic E-state index is 3.21. The van der Waals surface area contributed by atoms with Gasteiger partial charge in [-0.1, -0.05) is 38.5 Å². The van der Waals surface area contributed by atoms with E-state index < -0.39 is 7.87 Å². The summed E-state index contributed by atoms with van der Waals surface area (Å²) in [6.07, 6.45) is 14.3. The van der Waals surface area contributed by atoms with Gasteiger partial charge in [0.25, 0.3) is 0 Å². The third kappa shape index (κ3) is 5.91. The fourth-order valence-corrected chi connectivity index (χ4v) is 11.8. The number of rotatable bonds is 12. The summed E-state index contributed by atoms with van der Waals surface area (Å²) in [6.45, 7) is 21.4. The van der Waals surface area contributed by atoms with E-state index in [9.17, 15) is 0 Å². The molecule has 6 heteroatoms. The van der Waals surface area contributed by atoms with Crippen molar-refractivity contribution < 1.29 is 12.4 Å². The molecule has 0 atom stereocenters. The van der Waals surface area contributed by atoms with Crippen molar-refractivity contribution in [2.45, 2.75) is 118 Å². The molecule has 180 valence electrons. The third-order valence-corrected chi connectivity index (χ3v) is 12.8. The van der Waals surface area contributed by atoms with Crippen LogP contribution < -0.4 is 12.4 Å². The quantitative estimate of drug-likeness (QED) is 0.410. The second-order valence-corrected chi connectivity index (χ2v) is 12.1. The Kier molecular flexibility index (Phi) is 14.0. The molecule has 0 saturated heterocycles. The molecular weight excluding hydrogens is 411 g/mol. The Morgan fingerprint density at radius 2 is 0.767 bits per heavy atom. The minimum Gasteiger partial charge on any atom is -1.00 e. The van der Waals surface area contributed by atoms with E-state index in [0.717, 1.165) is 51.4 Å². The Bertz CT molecular complexity index is 380. The van der Waals surface area contributed by atoms with Crippen LogP contribution in [0, 0.1) is 0 Å². The molecule has 2 rings (SSSR count). The van der Waals surface area contributed by atoms with Crippen LogP contribution >= 0.6 is 7.87 Å². The Labute approximate surface area is 196 Å². The van der Waals surface area contributed by atoms with Gasteiger partial charge in [0.05, 0.1) is 0 Å². The van der Waals surface area contributed by atoms with Crippen LogP contribution in [-0.2, 0) is 0 Å². The molecule has 0 aromatic rings. The van der Waals surface area contributed by atoms with Crippen molar-refractivity contribution in [1.82, 2.24) is 18.7 Å². The molecule has 0 N–H and O–H groups in total. The molecule has 0 unspecified atom stereocenters. The zero-order valence-corrected chi connectivity index (χ0v) is 22.7. The van der Waals surface area contributed by atoms with Crippen molar-refractivity contribution >= 4 is 7.87 Å². The molecule has 0 aromatic carbocycles. The zero-order valence-electron chi connectivity index (χ0n) is 21.1. The Hall–Kier alpha value is 0.560. The van der Waals surface area contributed by atoms with Crippen LogP contribution in [0.4, 0.5) is 0 Å². The molecule has 2 saturated carbocycles. The standard InChI is InChI=1S/C24H52N4P.ClH/c1-7-25(8-2)29(26(9-3)10-4,27(11-5)12-6)28(23-19-15-13-16-20-23)24-21-17-14-18-22-24;/h23-24H,7-22H2,1-6H3;1H/q+1;/p-1. The van der Waals surface area contributed by atoms with Crippen LogP contribution in [0.3, 0.4) is 0 Å². The van der Waals surface area contributed by atoms with Gasteiger partial charge < -0.3 is 12.4 Å². The van der Waals surface area contributed by atoms with Crippen LogP contribution in [0.1, 0.15) is 106 Å². The van der Waals surface area contributed by atoms with Gasteiger partial charge in [-0.2, -0.15) is 0 Å². The normalized spacial score (nSPS) is 19.8. The van der Waals surface area contributed by atoms with Crippen molar-refractivity contribution in [2.24, 2.45) is 0 Å². The SMILES string of the molecule is CCN(CC)[P+](N(CC)CC)(N(CC)CC)N(C1CCCCC1)C1CCCCC1.[Cl-]. The van der Waals surface area contributed by atoms with Gasteiger partial charge in [0.2, 0.25) is 0 Å². The number of hydrogen-bond acceptors (Lipinski definition) is 4. The van der Waals surface area contributed by atoms with Crippen molar-refractivity contribution in [3.05, 3.63) is 0 Å². The smallest absolute Gasteiger partial charge is 0.309 e. The predicted octanol–water partition coefficient (Wildman–Crippen LogP) is 3.66. The average molecular weight is 463 g/mol. The van der Waals surface area contributed by atoms with E-state index in [4.69, 9.17) is 0 Å². The lowest BCUT2D eigenvalue weighted by atomic mass is 9.91. The highest BCUT2D eigenvalue weighted by atomic mass is 35.5. The number of halogens is 1. The summed E-state index contributed by atoms with van der Waals surface area (Å²) in [5.41, 5.74) is 0. The molecule has 0 spiro atoms. The Balaban J connectivity index is 0.00000450. The van der Waals surface area contributed by atoms with Gasteiger partial charge in [-0.25, -0.2) is 0 Å². The van der Waals surface area contributed by atoms with Crippen LogP contribution in [0.15, 0.2) is 0 Å². The number of hydrogen-bond donors (Lipinski definition) is 0. The Morgan fingerprint density at radius 1 is 0.500 bits per heavy atom. The summed E-state index contributed by atoms with van der Waals surface area (Å²) in [5.74, 6) is 0. The van der Waals surface area contributed by atoms with E-state index in [2.05, 4.69) is 60.2 Å². The van der Waals surface area contributed by atoms with Gasteiger partial charge in [0.1, 0.15) is 0 Å². The van der Waals surface area contributed by atoms with Gasteiger partial charge in [0.15, 0.2) is 0 Å². The lowest BCUT2D eigenvalue weighted by molar-refractivity contribution is -0.00000806. The highest BCUT2D eigenvalue weighted by Crippen LogP contribution is 2.72. The summed E-state index contributed by atoms with van der Waals surface area (Å²) in [5, 5.41) is 0. The average Bonchev–Trinajstić information content (AvgIpc) is 2.77. The fraction of sp³-hybridized carbons (Fsp3) is 1.00. The summed E-state index contributed by atoms with van der Waals surface area (Å²) in [7, 11) is -1.74. The lowest BCUT2D eigenvalue weighted by Gasteiger charge is -2.55. The summed E-state index contributed by atoms with van der Waals surface area (Å²) >= 11 is 0. The molecule has 4 nitrogen and oxygen atoms in total. The van der Waals surface area contributed by atoms with Crippen molar-refractivity contribution in [3.8, 4) is 0 Å². The first kappa shape index (κ1) is 28.6. The molecule has 0 heterocycles. The largest absolute Gasteiger partial charge is 1.00 e. The minimum absolute atomic E-state index is 0. The van der Waals surface area contributed by atoms with E-state index in [-0.39, 0.29) is 12.4 Å². The first-order valence-electron chi connectivity index (χ1n) is 13.1. The summed E-state index contributed by atoms with van der Waals surface area (Å²) in [4.78, 5) is 0. The van der Waals surface area contributed by atoms with Crippen molar-refractivity contribution in [1.29, 1.82) is 0 Å². The highest BCUT2D eigenvalue weighted by Gasteiger charge is 2.62. The number of nitrogens with zero attached hydrogens (tertiary/aromatic N) is 4. The molecule has 0 bridgehead atoms. The van der Waals surface area contributed by atoms with Crippen molar-refractivity contribution in [2.75, 3.05) is 39.3 Å². The van der Waals surface area contributed by atoms with Crippen LogP contribution in [0.25, 0.3) is 0 Å². The predicted molar refractivity (Wildman–Crippen MR) is 131 cm³/mol. The summed E-state index contributed by atoms with van der Waals surface area (Å²) in [6, 6.07) is 1.56. The molecule has 0 aliphatic heterocycles. The van der Waals surface area contributed by atoms with Gasteiger partial charge in [-0.05, 0) is 67.2 Å². The van der Waals surface area contributed by atoms with E-state index in [1.165, 1.54) is 64.2 Å². The maximum Gasteiger partial charge on any atom is 0.309 e. The second kappa shape index (κ2) is 14.7. The first-order chi connectivity index (χ1) is 14.1. The van der Waals surface area contributed by atoms with E-state index >= 15 is 0 Å². The maximum absolute atomic E-state index is 3.21. The van der Waals surface area contributed by atoms with Crippen LogP contribution in [0.2, 0.25) is 0 Å². The molecule has 0 amide bonds. The van der Waals surface area contributed by atoms with Crippen LogP contribution in [0.5, 0.6) is 0 Å². The minimum atomic E-state index is -1.74. The van der Waals surface area contributed by atoms with E-state index in [0.29, 0.717) is 0 Å². The monoisotopic (exact) mass is 462 g/mol. The van der Waals surface area contributed by atoms with E-state index in [1.807, 2.05) is 0 Å². The molecule has 2 aliphatic rings. The topological polar surface area (TPSA) is 13.0 Å². The Morgan fingerprint density at radius 3 is 1.00 bits per heavy atom. The second-order valence-electron chi connectivity index (χ2n) is 8.92. The third-order valence-electron chi connectivity index (χ3n) is 7.54. The van der Waals surface area contributed by atoms with Gasteiger partial charge in [-0.15, -0.1) is 18.7 Å². The van der Waals surface area contributed by atoms with Gasteiger partial charge in [-0.3, -0.25) is 0 Å². The lowest BCUT2D eigenvalue weighted by Crippen LogP contribution is -3.00. The summed E-state index contributed by atoms with van der Waals surface area (Å²) < 4.78 is 11.9. The fourth-order valence-electron chi connectivity index (χ4n) is 6.21. The highest BCUT2D eigenvalue weighted by molar-refractivity contribution is 7.66. The van der Waals surface area contributed by atoms with Gasteiger partial charge >= 0.3 is 7.87 Å². The van der Waals surface area contributed by atoms with Crippen molar-refractivity contribution in [3.63, 3.8) is 0 Å². The molecule has 0 radical (unpaired) electrons. The van der Waals surface area contributed by atoms with Crippen LogP contribution in [-0.4, -0.2) is 70.0 Å². The zero-order chi connectivity index (χ0) is 21.3. The van der Waals surface area contributed by atoms with E-state index in [1.54, 1.807) is 0 Å². The molecule has 0 aromatic heterocycles. The van der Waals surface area contributed by atoms with Gasteiger partial charge in [0, 0.05) is 51.4 Å². The molecular formula is C24H52ClN4P. The molecule has 2 fully saturated rings. The first-order valence-corrected chi connectivity index (χ1v) is 14.7. The molecule has 2 aliphatic carbocycles.